The normalized spacial score (nSPS) is 20.7. The van der Waals surface area contributed by atoms with E-state index in [0.29, 0.717) is 12.4 Å². The summed E-state index contributed by atoms with van der Waals surface area (Å²) in [4.78, 5) is 0. The van der Waals surface area contributed by atoms with Crippen LogP contribution >= 0.6 is 0 Å². The molecule has 1 aromatic rings. The molecular weight excluding hydrogens is 157 g/mol. The summed E-state index contributed by atoms with van der Waals surface area (Å²) in [5.74, 6) is 0.0440. The van der Waals surface area contributed by atoms with Crippen molar-refractivity contribution in [2.24, 2.45) is 0 Å². The van der Waals surface area contributed by atoms with Crippen LogP contribution in [-0.2, 0) is 0 Å². The van der Waals surface area contributed by atoms with E-state index in [4.69, 9.17) is 4.74 Å². The lowest BCUT2D eigenvalue weighted by Gasteiger charge is -2.24. The van der Waals surface area contributed by atoms with Crippen molar-refractivity contribution in [3.8, 4) is 5.75 Å². The van der Waals surface area contributed by atoms with Crippen molar-refractivity contribution in [3.63, 3.8) is 0 Å². The molecule has 0 radical (unpaired) electrons. The number of para-hydroxylation sites is 1. The molecule has 1 aliphatic heterocycles. The number of fused-ring (bicyclic) bond motifs is 1. The van der Waals surface area contributed by atoms with Gasteiger partial charge in [-0.05, 0) is 19.1 Å². The van der Waals surface area contributed by atoms with Crippen molar-refractivity contribution >= 4 is 5.69 Å². The van der Waals surface area contributed by atoms with Crippen LogP contribution in [0.5, 0.6) is 5.75 Å². The lowest BCUT2D eigenvalue weighted by molar-refractivity contribution is 0.277. The average molecular weight is 167 g/mol. The van der Waals surface area contributed by atoms with Crippen LogP contribution in [0.15, 0.2) is 18.2 Å². The van der Waals surface area contributed by atoms with Crippen molar-refractivity contribution in [1.29, 1.82) is 0 Å². The molecule has 12 heavy (non-hydrogen) atoms. The SMILES string of the molecule is CC1COc2c(F)cccc2N1. The van der Waals surface area contributed by atoms with E-state index in [0.717, 1.165) is 5.69 Å². The number of rotatable bonds is 0. The predicted octanol–water partition coefficient (Wildman–Crippen LogP) is 2.02. The Balaban J connectivity index is 2.42. The van der Waals surface area contributed by atoms with E-state index in [1.54, 1.807) is 6.07 Å². The molecular formula is C9H10FNO. The van der Waals surface area contributed by atoms with Gasteiger partial charge in [-0.25, -0.2) is 4.39 Å². The van der Waals surface area contributed by atoms with Crippen LogP contribution in [0.25, 0.3) is 0 Å². The van der Waals surface area contributed by atoms with E-state index in [9.17, 15) is 4.39 Å². The zero-order chi connectivity index (χ0) is 8.55. The summed E-state index contributed by atoms with van der Waals surface area (Å²) in [6.07, 6.45) is 0. The van der Waals surface area contributed by atoms with Gasteiger partial charge in [-0.1, -0.05) is 6.07 Å². The fraction of sp³-hybridized carbons (Fsp3) is 0.333. The lowest BCUT2D eigenvalue weighted by atomic mass is 10.2. The first kappa shape index (κ1) is 7.40. The molecule has 64 valence electrons. The minimum absolute atomic E-state index is 0.249. The summed E-state index contributed by atoms with van der Waals surface area (Å²) in [5, 5.41) is 3.14. The van der Waals surface area contributed by atoms with E-state index >= 15 is 0 Å². The Morgan fingerprint density at radius 1 is 1.58 bits per heavy atom. The fourth-order valence-corrected chi connectivity index (χ4v) is 1.28. The molecule has 0 aromatic heterocycles. The number of benzene rings is 1. The molecule has 0 fully saturated rings. The first-order chi connectivity index (χ1) is 5.77. The first-order valence-corrected chi connectivity index (χ1v) is 3.95. The van der Waals surface area contributed by atoms with Gasteiger partial charge in [-0.15, -0.1) is 0 Å². The van der Waals surface area contributed by atoms with Gasteiger partial charge in [0.05, 0.1) is 11.7 Å². The average Bonchev–Trinajstić information content (AvgIpc) is 2.04. The quantitative estimate of drug-likeness (QED) is 0.638. The van der Waals surface area contributed by atoms with E-state index < -0.39 is 0 Å². The Bertz CT molecular complexity index is 301. The minimum Gasteiger partial charge on any atom is -0.486 e. The van der Waals surface area contributed by atoms with Crippen LogP contribution in [-0.4, -0.2) is 12.6 Å². The van der Waals surface area contributed by atoms with E-state index in [1.165, 1.54) is 6.07 Å². The van der Waals surface area contributed by atoms with Gasteiger partial charge in [0.2, 0.25) is 0 Å². The second kappa shape index (κ2) is 2.66. The Morgan fingerprint density at radius 3 is 3.25 bits per heavy atom. The molecule has 1 heterocycles. The molecule has 0 saturated carbocycles. The fourth-order valence-electron chi connectivity index (χ4n) is 1.28. The zero-order valence-corrected chi connectivity index (χ0v) is 6.80. The molecule has 1 N–H and O–H groups in total. The third-order valence-corrected chi connectivity index (χ3v) is 1.85. The predicted molar refractivity (Wildman–Crippen MR) is 45.0 cm³/mol. The smallest absolute Gasteiger partial charge is 0.178 e. The number of hydrogen-bond donors (Lipinski definition) is 1. The number of halogens is 1. The number of ether oxygens (including phenoxy) is 1. The van der Waals surface area contributed by atoms with E-state index in [2.05, 4.69) is 5.32 Å². The molecule has 2 rings (SSSR count). The Morgan fingerprint density at radius 2 is 2.42 bits per heavy atom. The van der Waals surface area contributed by atoms with Crippen LogP contribution in [0, 0.1) is 5.82 Å². The second-order valence-electron chi connectivity index (χ2n) is 2.97. The summed E-state index contributed by atoms with van der Waals surface area (Å²) >= 11 is 0. The molecule has 0 saturated heterocycles. The first-order valence-electron chi connectivity index (χ1n) is 3.95. The minimum atomic E-state index is -0.299. The van der Waals surface area contributed by atoms with Crippen LogP contribution in [0.4, 0.5) is 10.1 Å². The molecule has 0 bridgehead atoms. The van der Waals surface area contributed by atoms with Crippen LogP contribution in [0.1, 0.15) is 6.92 Å². The highest BCUT2D eigenvalue weighted by Gasteiger charge is 2.17. The molecule has 3 heteroatoms. The Hall–Kier alpha value is -1.25. The number of hydrogen-bond acceptors (Lipinski definition) is 2. The Kier molecular flexibility index (Phi) is 1.64. The molecule has 1 aliphatic rings. The van der Waals surface area contributed by atoms with Gasteiger partial charge >= 0.3 is 0 Å². The zero-order valence-electron chi connectivity index (χ0n) is 6.80. The summed E-state index contributed by atoms with van der Waals surface area (Å²) in [6, 6.07) is 5.13. The van der Waals surface area contributed by atoms with Gasteiger partial charge in [-0.3, -0.25) is 0 Å². The highest BCUT2D eigenvalue weighted by atomic mass is 19.1. The third-order valence-electron chi connectivity index (χ3n) is 1.85. The van der Waals surface area contributed by atoms with Crippen molar-refractivity contribution in [1.82, 2.24) is 0 Å². The maximum absolute atomic E-state index is 13.0. The van der Waals surface area contributed by atoms with Crippen molar-refractivity contribution in [3.05, 3.63) is 24.0 Å². The Labute approximate surface area is 70.3 Å². The molecule has 1 unspecified atom stereocenters. The number of anilines is 1. The molecule has 0 amide bonds. The summed E-state index contributed by atoms with van der Waals surface area (Å²) in [6.45, 7) is 2.52. The summed E-state index contributed by atoms with van der Waals surface area (Å²) in [7, 11) is 0. The monoisotopic (exact) mass is 167 g/mol. The third kappa shape index (κ3) is 1.11. The van der Waals surface area contributed by atoms with Crippen LogP contribution < -0.4 is 10.1 Å². The van der Waals surface area contributed by atoms with Gasteiger partial charge in [0.1, 0.15) is 6.61 Å². The molecule has 1 atom stereocenters. The largest absolute Gasteiger partial charge is 0.486 e. The van der Waals surface area contributed by atoms with E-state index in [1.807, 2.05) is 13.0 Å². The van der Waals surface area contributed by atoms with Gasteiger partial charge < -0.3 is 10.1 Å². The maximum Gasteiger partial charge on any atom is 0.178 e. The van der Waals surface area contributed by atoms with Crippen molar-refractivity contribution in [2.75, 3.05) is 11.9 Å². The summed E-state index contributed by atoms with van der Waals surface area (Å²) < 4.78 is 18.3. The van der Waals surface area contributed by atoms with E-state index in [-0.39, 0.29) is 11.9 Å². The topological polar surface area (TPSA) is 21.3 Å². The number of nitrogens with one attached hydrogen (secondary N) is 1. The van der Waals surface area contributed by atoms with Gasteiger partial charge in [0.15, 0.2) is 11.6 Å². The molecule has 0 spiro atoms. The van der Waals surface area contributed by atoms with Gasteiger partial charge in [-0.2, -0.15) is 0 Å². The van der Waals surface area contributed by atoms with Crippen molar-refractivity contribution in [2.45, 2.75) is 13.0 Å². The van der Waals surface area contributed by atoms with Crippen LogP contribution in [0.3, 0.4) is 0 Å². The molecule has 1 aromatic carbocycles. The van der Waals surface area contributed by atoms with Crippen molar-refractivity contribution < 1.29 is 9.13 Å². The highest BCUT2D eigenvalue weighted by molar-refractivity contribution is 5.58. The van der Waals surface area contributed by atoms with Crippen LogP contribution in [0.2, 0.25) is 0 Å². The lowest BCUT2D eigenvalue weighted by Crippen LogP contribution is -2.28. The standard InChI is InChI=1S/C9H10FNO/c1-6-5-12-9-7(10)3-2-4-8(9)11-6/h2-4,6,11H,5H2,1H3. The summed E-state index contributed by atoms with van der Waals surface area (Å²) in [5.41, 5.74) is 0.744. The molecule has 0 aliphatic carbocycles. The maximum atomic E-state index is 13.0. The highest BCUT2D eigenvalue weighted by Crippen LogP contribution is 2.30. The van der Waals surface area contributed by atoms with Gasteiger partial charge in [0, 0.05) is 0 Å². The van der Waals surface area contributed by atoms with Gasteiger partial charge in [0.25, 0.3) is 0 Å². The molecule has 2 nitrogen and oxygen atoms in total. The second-order valence-corrected chi connectivity index (χ2v) is 2.97.